The Kier molecular flexibility index (Phi) is 9.21. The van der Waals surface area contributed by atoms with Crippen LogP contribution in [0.5, 0.6) is 0 Å². The van der Waals surface area contributed by atoms with Crippen molar-refractivity contribution in [3.63, 3.8) is 0 Å². The third kappa shape index (κ3) is 8.20. The Morgan fingerprint density at radius 1 is 0.697 bits per heavy atom. The van der Waals surface area contributed by atoms with Crippen LogP contribution in [0.2, 0.25) is 0 Å². The Morgan fingerprint density at radius 2 is 1.15 bits per heavy atom. The summed E-state index contributed by atoms with van der Waals surface area (Å²) in [6, 6.07) is 30.3. The smallest absolute Gasteiger partial charge is 0.303 e. The van der Waals surface area contributed by atoms with Crippen molar-refractivity contribution in [1.82, 2.24) is 4.90 Å². The van der Waals surface area contributed by atoms with Crippen LogP contribution in [-0.2, 0) is 38.6 Å². The highest BCUT2D eigenvalue weighted by molar-refractivity contribution is 5.67. The van der Waals surface area contributed by atoms with Crippen molar-refractivity contribution in [2.75, 3.05) is 6.61 Å². The average molecular weight is 446 g/mol. The molecule has 3 rings (SSSR count). The van der Waals surface area contributed by atoms with Crippen LogP contribution in [0.4, 0.5) is 0 Å². The molecule has 0 aliphatic rings. The van der Waals surface area contributed by atoms with Gasteiger partial charge in [-0.2, -0.15) is 0 Å². The largest absolute Gasteiger partial charge is 0.462 e. The van der Waals surface area contributed by atoms with E-state index in [1.54, 1.807) is 0 Å². The van der Waals surface area contributed by atoms with Gasteiger partial charge < -0.3 is 9.47 Å². The lowest BCUT2D eigenvalue weighted by atomic mass is 9.98. The Bertz CT molecular complexity index is 951. The summed E-state index contributed by atoms with van der Waals surface area (Å²) in [6.45, 7) is 4.07. The highest BCUT2D eigenvalue weighted by Crippen LogP contribution is 2.22. The summed E-state index contributed by atoms with van der Waals surface area (Å²) in [6.07, 6.45) is 0.0266. The van der Waals surface area contributed by atoms with E-state index in [0.717, 1.165) is 16.7 Å². The number of ether oxygens (including phenoxy) is 2. The fourth-order valence-electron chi connectivity index (χ4n) is 3.91. The molecule has 5 heteroatoms. The van der Waals surface area contributed by atoms with Crippen LogP contribution in [0.15, 0.2) is 91.0 Å². The fraction of sp³-hybridized carbons (Fsp3) is 0.286. The topological polar surface area (TPSA) is 55.8 Å². The zero-order chi connectivity index (χ0) is 23.5. The molecule has 0 saturated heterocycles. The second kappa shape index (κ2) is 12.6. The van der Waals surface area contributed by atoms with E-state index in [1.807, 2.05) is 54.6 Å². The molecule has 0 heterocycles. The first-order chi connectivity index (χ1) is 16.0. The van der Waals surface area contributed by atoms with E-state index in [-0.39, 0.29) is 12.6 Å². The van der Waals surface area contributed by atoms with E-state index < -0.39 is 18.0 Å². The van der Waals surface area contributed by atoms with E-state index in [9.17, 15) is 9.59 Å². The van der Waals surface area contributed by atoms with Gasteiger partial charge in [0.05, 0.1) is 6.04 Å². The van der Waals surface area contributed by atoms with Crippen LogP contribution in [0.3, 0.4) is 0 Å². The predicted molar refractivity (Wildman–Crippen MR) is 128 cm³/mol. The van der Waals surface area contributed by atoms with Crippen LogP contribution in [0.1, 0.15) is 30.5 Å². The van der Waals surface area contributed by atoms with Gasteiger partial charge in [-0.05, 0) is 23.1 Å². The third-order valence-electron chi connectivity index (χ3n) is 5.41. The summed E-state index contributed by atoms with van der Waals surface area (Å²) in [5, 5.41) is 0. The lowest BCUT2D eigenvalue weighted by Crippen LogP contribution is -2.48. The van der Waals surface area contributed by atoms with Crippen LogP contribution in [-0.4, -0.2) is 35.6 Å². The molecule has 0 unspecified atom stereocenters. The normalized spacial score (nSPS) is 12.7. The SMILES string of the molecule is CC(=O)OC[C@H](OC(C)=O)[C@H](Cc1ccccc1)N(Cc1ccccc1)Cc1ccccc1. The molecule has 33 heavy (non-hydrogen) atoms. The fourth-order valence-corrected chi connectivity index (χ4v) is 3.91. The Morgan fingerprint density at radius 3 is 1.58 bits per heavy atom. The molecular weight excluding hydrogens is 414 g/mol. The van der Waals surface area contributed by atoms with Crippen LogP contribution >= 0.6 is 0 Å². The summed E-state index contributed by atoms with van der Waals surface area (Å²) >= 11 is 0. The third-order valence-corrected chi connectivity index (χ3v) is 5.41. The van der Waals surface area contributed by atoms with Crippen molar-refractivity contribution in [2.24, 2.45) is 0 Å². The zero-order valence-corrected chi connectivity index (χ0v) is 19.2. The second-order valence-corrected chi connectivity index (χ2v) is 8.08. The Balaban J connectivity index is 1.99. The first-order valence-corrected chi connectivity index (χ1v) is 11.2. The van der Waals surface area contributed by atoms with Gasteiger partial charge in [-0.3, -0.25) is 14.5 Å². The molecule has 0 aliphatic carbocycles. The molecule has 0 saturated carbocycles. The molecule has 0 aliphatic heterocycles. The molecule has 3 aromatic rings. The van der Waals surface area contributed by atoms with Gasteiger partial charge >= 0.3 is 11.9 Å². The molecule has 0 spiro atoms. The van der Waals surface area contributed by atoms with Crippen molar-refractivity contribution in [2.45, 2.75) is 45.5 Å². The van der Waals surface area contributed by atoms with E-state index in [1.165, 1.54) is 13.8 Å². The van der Waals surface area contributed by atoms with Gasteiger partial charge in [-0.1, -0.05) is 91.0 Å². The number of carbonyl (C=O) groups excluding carboxylic acids is 2. The molecule has 172 valence electrons. The summed E-state index contributed by atoms with van der Waals surface area (Å²) < 4.78 is 11.1. The molecule has 0 fully saturated rings. The van der Waals surface area contributed by atoms with Gasteiger partial charge in [0.25, 0.3) is 0 Å². The van der Waals surface area contributed by atoms with E-state index in [2.05, 4.69) is 41.3 Å². The molecule has 0 bridgehead atoms. The molecule has 0 radical (unpaired) electrons. The monoisotopic (exact) mass is 445 g/mol. The van der Waals surface area contributed by atoms with Crippen molar-refractivity contribution in [3.8, 4) is 0 Å². The predicted octanol–water partition coefficient (Wildman–Crippen LogP) is 4.79. The lowest BCUT2D eigenvalue weighted by molar-refractivity contribution is -0.161. The van der Waals surface area contributed by atoms with Gasteiger partial charge in [-0.15, -0.1) is 0 Å². The molecule has 5 nitrogen and oxygen atoms in total. The lowest BCUT2D eigenvalue weighted by Gasteiger charge is -2.36. The van der Waals surface area contributed by atoms with Gasteiger partial charge in [0.15, 0.2) is 6.10 Å². The van der Waals surface area contributed by atoms with Gasteiger partial charge in [0.1, 0.15) is 6.61 Å². The van der Waals surface area contributed by atoms with Crippen molar-refractivity contribution in [3.05, 3.63) is 108 Å². The first kappa shape index (κ1) is 24.2. The number of carbonyl (C=O) groups is 2. The minimum absolute atomic E-state index is 0.00644. The standard InChI is InChI=1S/C28H31NO4/c1-22(30)32-21-28(33-23(2)31)27(18-24-12-6-3-7-13-24)29(19-25-14-8-4-9-15-25)20-26-16-10-5-11-17-26/h3-17,27-28H,18-21H2,1-2H3/t27-,28-/m0/s1. The van der Waals surface area contributed by atoms with Gasteiger partial charge in [-0.25, -0.2) is 0 Å². The van der Waals surface area contributed by atoms with Gasteiger partial charge in [0.2, 0.25) is 0 Å². The molecule has 2 atom stereocenters. The number of hydrogen-bond donors (Lipinski definition) is 0. The van der Waals surface area contributed by atoms with E-state index in [4.69, 9.17) is 9.47 Å². The minimum atomic E-state index is -0.612. The maximum atomic E-state index is 12.0. The Hall–Kier alpha value is -3.44. The van der Waals surface area contributed by atoms with Crippen LogP contribution in [0, 0.1) is 0 Å². The number of benzene rings is 3. The molecule has 3 aromatic carbocycles. The summed E-state index contributed by atoms with van der Waals surface area (Å²) in [5.74, 6) is -0.798. The zero-order valence-electron chi connectivity index (χ0n) is 19.2. The second-order valence-electron chi connectivity index (χ2n) is 8.08. The number of rotatable bonds is 11. The summed E-state index contributed by atoms with van der Waals surface area (Å²) in [7, 11) is 0. The molecule has 0 amide bonds. The number of hydrogen-bond acceptors (Lipinski definition) is 5. The maximum Gasteiger partial charge on any atom is 0.303 e. The minimum Gasteiger partial charge on any atom is -0.462 e. The quantitative estimate of drug-likeness (QED) is 0.397. The number of nitrogens with zero attached hydrogens (tertiary/aromatic N) is 1. The van der Waals surface area contributed by atoms with E-state index >= 15 is 0 Å². The maximum absolute atomic E-state index is 12.0. The first-order valence-electron chi connectivity index (χ1n) is 11.2. The Labute approximate surface area is 196 Å². The summed E-state index contributed by atoms with van der Waals surface area (Å²) in [4.78, 5) is 25.9. The van der Waals surface area contributed by atoms with Crippen molar-refractivity contribution in [1.29, 1.82) is 0 Å². The molecule has 0 N–H and O–H groups in total. The van der Waals surface area contributed by atoms with Gasteiger partial charge in [0, 0.05) is 26.9 Å². The molecule has 0 aromatic heterocycles. The van der Waals surface area contributed by atoms with Crippen molar-refractivity contribution >= 4 is 11.9 Å². The van der Waals surface area contributed by atoms with Crippen molar-refractivity contribution < 1.29 is 19.1 Å². The van der Waals surface area contributed by atoms with E-state index in [0.29, 0.717) is 19.5 Å². The van der Waals surface area contributed by atoms with Crippen LogP contribution in [0.25, 0.3) is 0 Å². The van der Waals surface area contributed by atoms with Crippen LogP contribution < -0.4 is 0 Å². The average Bonchev–Trinajstić information content (AvgIpc) is 2.82. The number of esters is 2. The summed E-state index contributed by atoms with van der Waals surface area (Å²) in [5.41, 5.74) is 3.43. The highest BCUT2D eigenvalue weighted by Gasteiger charge is 2.31. The molecular formula is C28H31NO4. The highest BCUT2D eigenvalue weighted by atomic mass is 16.6.